The van der Waals surface area contributed by atoms with Crippen LogP contribution in [0, 0.1) is 0 Å². The molecule has 2 amide bonds. The minimum atomic E-state index is -0.526. The molecule has 3 aromatic rings. The lowest BCUT2D eigenvalue weighted by Gasteiger charge is -2.55. The van der Waals surface area contributed by atoms with E-state index in [2.05, 4.69) is 34.7 Å². The number of anilines is 3. The zero-order valence-electron chi connectivity index (χ0n) is 23.0. The molecular formula is C32H37N5O3. The minimum Gasteiger partial charge on any atom is -0.397 e. The topological polar surface area (TPSA) is 109 Å². The first-order valence-corrected chi connectivity index (χ1v) is 13.8. The lowest BCUT2D eigenvalue weighted by molar-refractivity contribution is -0.213. The molecule has 3 unspecified atom stereocenters. The van der Waals surface area contributed by atoms with Crippen LogP contribution in [0.5, 0.6) is 0 Å². The largest absolute Gasteiger partial charge is 0.397 e. The Morgan fingerprint density at radius 3 is 2.35 bits per heavy atom. The molecule has 0 bridgehead atoms. The second-order valence-corrected chi connectivity index (χ2v) is 10.7. The molecule has 8 nitrogen and oxygen atoms in total. The highest BCUT2D eigenvalue weighted by Gasteiger charge is 2.46. The molecule has 2 heterocycles. The Balaban J connectivity index is 1.23. The Kier molecular flexibility index (Phi) is 8.60. The second-order valence-electron chi connectivity index (χ2n) is 10.7. The van der Waals surface area contributed by atoms with Crippen LogP contribution >= 0.6 is 0 Å². The Bertz CT molecular complexity index is 1350. The Morgan fingerprint density at radius 1 is 1.00 bits per heavy atom. The molecule has 0 aliphatic carbocycles. The molecule has 3 atom stereocenters. The number of hydrogen-bond donors (Lipinski definition) is 4. The van der Waals surface area contributed by atoms with Gasteiger partial charge in [-0.25, -0.2) is 0 Å². The number of nitrogens with zero attached hydrogens (tertiary/aromatic N) is 1. The van der Waals surface area contributed by atoms with Crippen molar-refractivity contribution < 1.29 is 14.3 Å². The molecule has 40 heavy (non-hydrogen) atoms. The summed E-state index contributed by atoms with van der Waals surface area (Å²) in [5.74, 6) is 0.0415. The maximum atomic E-state index is 13.4. The number of benzene rings is 3. The Labute approximate surface area is 235 Å². The summed E-state index contributed by atoms with van der Waals surface area (Å²) >= 11 is 0. The number of rotatable bonds is 11. The van der Waals surface area contributed by atoms with E-state index in [9.17, 15) is 9.59 Å². The summed E-state index contributed by atoms with van der Waals surface area (Å²) in [6.07, 6.45) is 3.59. The van der Waals surface area contributed by atoms with Crippen molar-refractivity contribution >= 4 is 35.0 Å². The number of carbonyl (C=O) groups is 2. The minimum absolute atomic E-state index is 0.117. The zero-order valence-corrected chi connectivity index (χ0v) is 23.0. The molecule has 0 saturated carbocycles. The van der Waals surface area contributed by atoms with E-state index in [-0.39, 0.29) is 11.8 Å². The van der Waals surface area contributed by atoms with Crippen molar-refractivity contribution in [2.45, 2.75) is 38.0 Å². The fourth-order valence-corrected chi connectivity index (χ4v) is 4.96. The number of nitrogens with one attached hydrogen (secondary N) is 3. The van der Waals surface area contributed by atoms with Crippen LogP contribution in [0.4, 0.5) is 17.1 Å². The van der Waals surface area contributed by atoms with Gasteiger partial charge in [-0.2, -0.15) is 0 Å². The maximum absolute atomic E-state index is 13.4. The lowest BCUT2D eigenvalue weighted by atomic mass is 9.95. The van der Waals surface area contributed by atoms with Crippen LogP contribution in [-0.4, -0.2) is 55.1 Å². The SMILES string of the molecule is CC(C)c1ccc(NC(=O)C(NCCN2CC3OCC32)c2ccc(/C=C/C(=O)Nc3ccccc3N)cc2)cc1. The van der Waals surface area contributed by atoms with Crippen molar-refractivity contribution in [2.75, 3.05) is 42.6 Å². The van der Waals surface area contributed by atoms with Gasteiger partial charge in [-0.05, 0) is 52.9 Å². The van der Waals surface area contributed by atoms with E-state index in [1.54, 1.807) is 18.2 Å². The van der Waals surface area contributed by atoms with Gasteiger partial charge in [-0.3, -0.25) is 14.5 Å². The standard InChI is InChI=1S/C32H37N5O3/c1-21(2)23-12-14-25(15-13-23)35-32(39)31(34-17-18-37-19-29-28(37)20-40-29)24-10-7-22(8-11-24)9-16-30(38)36-27-6-4-3-5-26(27)33/h3-16,21,28-29,31,34H,17-20,33H2,1-2H3,(H,35,39)(H,36,38)/b16-9+. The second kappa shape index (κ2) is 12.5. The molecule has 5 N–H and O–H groups in total. The fourth-order valence-electron chi connectivity index (χ4n) is 4.96. The Hall–Kier alpha value is -3.98. The van der Waals surface area contributed by atoms with Gasteiger partial charge in [0.15, 0.2) is 0 Å². The summed E-state index contributed by atoms with van der Waals surface area (Å²) < 4.78 is 5.50. The molecule has 208 valence electrons. The average Bonchev–Trinajstić information content (AvgIpc) is 2.94. The van der Waals surface area contributed by atoms with Crippen LogP contribution in [0.3, 0.4) is 0 Å². The normalized spacial score (nSPS) is 19.0. The van der Waals surface area contributed by atoms with Gasteiger partial charge in [0.2, 0.25) is 11.8 Å². The third-order valence-electron chi connectivity index (χ3n) is 7.56. The van der Waals surface area contributed by atoms with Gasteiger partial charge in [0, 0.05) is 31.4 Å². The number of morpholine rings is 1. The zero-order chi connectivity index (χ0) is 28.1. The van der Waals surface area contributed by atoms with Crippen LogP contribution in [0.25, 0.3) is 6.08 Å². The molecule has 5 rings (SSSR count). The molecule has 8 heteroatoms. The Morgan fingerprint density at radius 2 is 1.73 bits per heavy atom. The number of para-hydroxylation sites is 2. The molecule has 2 aliphatic rings. The summed E-state index contributed by atoms with van der Waals surface area (Å²) in [5, 5.41) is 9.31. The van der Waals surface area contributed by atoms with Crippen LogP contribution in [-0.2, 0) is 14.3 Å². The summed E-state index contributed by atoms with van der Waals surface area (Å²) in [6, 6.07) is 22.8. The molecule has 2 saturated heterocycles. The summed E-state index contributed by atoms with van der Waals surface area (Å²) in [6.45, 7) is 7.59. The first kappa shape index (κ1) is 27.6. The van der Waals surface area contributed by atoms with E-state index in [1.165, 1.54) is 11.6 Å². The number of ether oxygens (including phenoxy) is 1. The monoisotopic (exact) mass is 539 g/mol. The predicted octanol–water partition coefficient (Wildman–Crippen LogP) is 4.40. The first-order valence-electron chi connectivity index (χ1n) is 13.8. The number of hydrogen-bond acceptors (Lipinski definition) is 6. The van der Waals surface area contributed by atoms with E-state index in [1.807, 2.05) is 60.7 Å². The van der Waals surface area contributed by atoms with Gasteiger partial charge >= 0.3 is 0 Å². The van der Waals surface area contributed by atoms with Crippen molar-refractivity contribution in [3.05, 3.63) is 95.6 Å². The third kappa shape index (κ3) is 6.59. The van der Waals surface area contributed by atoms with Gasteiger partial charge < -0.3 is 26.4 Å². The smallest absolute Gasteiger partial charge is 0.248 e. The molecule has 3 aromatic carbocycles. The van der Waals surface area contributed by atoms with E-state index in [0.29, 0.717) is 36.0 Å². The number of nitrogen functional groups attached to an aromatic ring is 1. The molecule has 0 spiro atoms. The predicted molar refractivity (Wildman–Crippen MR) is 160 cm³/mol. The summed E-state index contributed by atoms with van der Waals surface area (Å²) in [5.41, 5.74) is 10.7. The van der Waals surface area contributed by atoms with Gasteiger partial charge in [-0.1, -0.05) is 62.4 Å². The van der Waals surface area contributed by atoms with Crippen molar-refractivity contribution in [2.24, 2.45) is 0 Å². The van der Waals surface area contributed by atoms with Crippen LogP contribution < -0.4 is 21.7 Å². The van der Waals surface area contributed by atoms with Crippen molar-refractivity contribution in [3.8, 4) is 0 Å². The average molecular weight is 540 g/mol. The van der Waals surface area contributed by atoms with Crippen molar-refractivity contribution in [1.29, 1.82) is 0 Å². The van der Waals surface area contributed by atoms with E-state index >= 15 is 0 Å². The molecule has 2 fully saturated rings. The maximum Gasteiger partial charge on any atom is 0.248 e. The van der Waals surface area contributed by atoms with E-state index in [0.717, 1.165) is 36.5 Å². The number of nitrogens with two attached hydrogens (primary N) is 1. The number of fused-ring (bicyclic) bond motifs is 1. The van der Waals surface area contributed by atoms with Gasteiger partial charge in [0.1, 0.15) is 6.04 Å². The van der Waals surface area contributed by atoms with Crippen LogP contribution in [0.2, 0.25) is 0 Å². The van der Waals surface area contributed by atoms with Gasteiger partial charge in [0.25, 0.3) is 0 Å². The van der Waals surface area contributed by atoms with Crippen molar-refractivity contribution in [1.82, 2.24) is 10.2 Å². The van der Waals surface area contributed by atoms with Gasteiger partial charge in [-0.15, -0.1) is 0 Å². The van der Waals surface area contributed by atoms with E-state index in [4.69, 9.17) is 10.5 Å². The first-order chi connectivity index (χ1) is 19.4. The van der Waals surface area contributed by atoms with Crippen LogP contribution in [0.1, 0.15) is 42.5 Å². The lowest BCUT2D eigenvalue weighted by Crippen LogP contribution is -2.71. The molecule has 2 aliphatic heterocycles. The van der Waals surface area contributed by atoms with Crippen LogP contribution in [0.15, 0.2) is 78.9 Å². The summed E-state index contributed by atoms with van der Waals surface area (Å²) in [4.78, 5) is 28.2. The molecule has 0 radical (unpaired) electrons. The number of amides is 2. The number of likely N-dealkylation sites (tertiary alicyclic amines) is 1. The van der Waals surface area contributed by atoms with E-state index < -0.39 is 6.04 Å². The van der Waals surface area contributed by atoms with Gasteiger partial charge in [0.05, 0.1) is 30.1 Å². The highest BCUT2D eigenvalue weighted by Crippen LogP contribution is 2.29. The number of carbonyl (C=O) groups excluding carboxylic acids is 2. The quantitative estimate of drug-likeness (QED) is 0.213. The molecule has 0 aromatic heterocycles. The van der Waals surface area contributed by atoms with Crippen molar-refractivity contribution in [3.63, 3.8) is 0 Å². The molecular weight excluding hydrogens is 502 g/mol. The highest BCUT2D eigenvalue weighted by atomic mass is 16.5. The summed E-state index contributed by atoms with van der Waals surface area (Å²) in [7, 11) is 0. The fraction of sp³-hybridized carbons (Fsp3) is 0.312. The highest BCUT2D eigenvalue weighted by molar-refractivity contribution is 6.03. The third-order valence-corrected chi connectivity index (χ3v) is 7.56.